The first-order valence-corrected chi connectivity index (χ1v) is 15.4. The van der Waals surface area contributed by atoms with Crippen LogP contribution in [-0.2, 0) is 26.0 Å². The van der Waals surface area contributed by atoms with E-state index in [2.05, 4.69) is 5.32 Å². The molecule has 3 aromatic rings. The lowest BCUT2D eigenvalue weighted by molar-refractivity contribution is -0.139. The Balaban J connectivity index is 2.00. The number of hydrogen-bond acceptors (Lipinski definition) is 4. The first-order valence-electron chi connectivity index (χ1n) is 13.2. The van der Waals surface area contributed by atoms with Gasteiger partial charge in [-0.3, -0.25) is 13.9 Å². The summed E-state index contributed by atoms with van der Waals surface area (Å²) in [6, 6.07) is 21.1. The number of sulfonamides is 1. The second-order valence-corrected chi connectivity index (χ2v) is 12.5. The molecule has 1 atom stereocenters. The lowest BCUT2D eigenvalue weighted by Crippen LogP contribution is -2.53. The predicted octanol–water partition coefficient (Wildman–Crippen LogP) is 5.81. The molecule has 0 aliphatic rings. The van der Waals surface area contributed by atoms with Gasteiger partial charge in [0.15, 0.2) is 0 Å². The van der Waals surface area contributed by atoms with Crippen LogP contribution in [0.1, 0.15) is 32.8 Å². The van der Waals surface area contributed by atoms with Crippen molar-refractivity contribution in [2.24, 2.45) is 5.92 Å². The van der Waals surface area contributed by atoms with E-state index in [9.17, 15) is 18.0 Å². The van der Waals surface area contributed by atoms with Crippen LogP contribution < -0.4 is 9.62 Å². The molecule has 0 aromatic heterocycles. The van der Waals surface area contributed by atoms with Crippen LogP contribution in [0.3, 0.4) is 0 Å². The molecular weight excluding hydrogens is 569 g/mol. The van der Waals surface area contributed by atoms with Crippen molar-refractivity contribution in [2.45, 2.75) is 44.6 Å². The number of carbonyl (C=O) groups is 2. The highest BCUT2D eigenvalue weighted by atomic mass is 35.5. The molecule has 1 N–H and O–H groups in total. The average Bonchev–Trinajstić information content (AvgIpc) is 2.95. The van der Waals surface area contributed by atoms with Crippen molar-refractivity contribution in [1.29, 1.82) is 0 Å². The highest BCUT2D eigenvalue weighted by Gasteiger charge is 2.33. The molecule has 40 heavy (non-hydrogen) atoms. The standard InChI is InChI=1S/C30H35Cl2N3O4S/c1-4-28(30(37)33-20-22(2)3)34(18-17-23-11-7-5-8-12-23)29(36)21-35(24-15-16-26(31)27(32)19-24)40(38,39)25-13-9-6-10-14-25/h5-16,19,22,28H,4,17-18,20-21H2,1-3H3,(H,33,37). The van der Waals surface area contributed by atoms with E-state index in [0.29, 0.717) is 19.4 Å². The summed E-state index contributed by atoms with van der Waals surface area (Å²) < 4.78 is 28.6. The van der Waals surface area contributed by atoms with E-state index < -0.39 is 28.5 Å². The van der Waals surface area contributed by atoms with Crippen LogP contribution in [0, 0.1) is 5.92 Å². The van der Waals surface area contributed by atoms with Gasteiger partial charge in [0, 0.05) is 13.1 Å². The van der Waals surface area contributed by atoms with Gasteiger partial charge >= 0.3 is 0 Å². The second-order valence-electron chi connectivity index (χ2n) is 9.81. The van der Waals surface area contributed by atoms with Crippen molar-refractivity contribution >= 4 is 50.7 Å². The smallest absolute Gasteiger partial charge is 0.264 e. The summed E-state index contributed by atoms with van der Waals surface area (Å²) in [6.07, 6.45) is 0.863. The van der Waals surface area contributed by atoms with Crippen molar-refractivity contribution in [2.75, 3.05) is 23.9 Å². The Labute approximate surface area is 247 Å². The molecule has 0 heterocycles. The van der Waals surface area contributed by atoms with Crippen molar-refractivity contribution < 1.29 is 18.0 Å². The molecule has 2 amide bonds. The maximum Gasteiger partial charge on any atom is 0.264 e. The SMILES string of the molecule is CCC(C(=O)NCC(C)C)N(CCc1ccccc1)C(=O)CN(c1ccc(Cl)c(Cl)c1)S(=O)(=O)c1ccccc1. The number of anilines is 1. The van der Waals surface area contributed by atoms with Gasteiger partial charge in [-0.25, -0.2) is 8.42 Å². The van der Waals surface area contributed by atoms with E-state index in [1.165, 1.54) is 35.2 Å². The zero-order valence-electron chi connectivity index (χ0n) is 22.9. The Bertz CT molecular complexity index is 1390. The molecule has 1 unspecified atom stereocenters. The van der Waals surface area contributed by atoms with Gasteiger partial charge in [0.2, 0.25) is 11.8 Å². The van der Waals surface area contributed by atoms with E-state index in [1.807, 2.05) is 51.1 Å². The van der Waals surface area contributed by atoms with Crippen LogP contribution in [0.15, 0.2) is 83.8 Å². The Morgan fingerprint density at radius 2 is 1.52 bits per heavy atom. The van der Waals surface area contributed by atoms with Crippen LogP contribution >= 0.6 is 23.2 Å². The summed E-state index contributed by atoms with van der Waals surface area (Å²) in [4.78, 5) is 28.7. The van der Waals surface area contributed by atoms with Crippen LogP contribution in [0.25, 0.3) is 0 Å². The molecule has 0 saturated carbocycles. The first-order chi connectivity index (χ1) is 19.0. The van der Waals surface area contributed by atoms with E-state index in [-0.39, 0.29) is 39.0 Å². The molecule has 3 aromatic carbocycles. The summed E-state index contributed by atoms with van der Waals surface area (Å²) in [7, 11) is -4.17. The topological polar surface area (TPSA) is 86.8 Å². The van der Waals surface area contributed by atoms with Gasteiger partial charge in [-0.1, -0.05) is 92.5 Å². The molecule has 214 valence electrons. The summed E-state index contributed by atoms with van der Waals surface area (Å²) in [5, 5.41) is 3.33. The third kappa shape index (κ3) is 8.22. The summed E-state index contributed by atoms with van der Waals surface area (Å²) in [5.74, 6) is -0.547. The van der Waals surface area contributed by atoms with Crippen molar-refractivity contribution in [3.63, 3.8) is 0 Å². The Hall–Kier alpha value is -3.07. The maximum atomic E-state index is 14.0. The fraction of sp³-hybridized carbons (Fsp3) is 0.333. The molecule has 0 fully saturated rings. The largest absolute Gasteiger partial charge is 0.354 e. The molecule has 0 radical (unpaired) electrons. The second kappa shape index (κ2) is 14.5. The van der Waals surface area contributed by atoms with Crippen LogP contribution in [0.2, 0.25) is 10.0 Å². The third-order valence-electron chi connectivity index (χ3n) is 6.36. The highest BCUT2D eigenvalue weighted by Crippen LogP contribution is 2.30. The van der Waals surface area contributed by atoms with Gasteiger partial charge in [0.25, 0.3) is 10.0 Å². The molecule has 0 bridgehead atoms. The Morgan fingerprint density at radius 1 is 0.900 bits per heavy atom. The molecular formula is C30H35Cl2N3O4S. The predicted molar refractivity (Wildman–Crippen MR) is 161 cm³/mol. The van der Waals surface area contributed by atoms with Gasteiger partial charge in [-0.2, -0.15) is 0 Å². The number of benzene rings is 3. The van der Waals surface area contributed by atoms with Gasteiger partial charge in [-0.15, -0.1) is 0 Å². The molecule has 10 heteroatoms. The zero-order valence-corrected chi connectivity index (χ0v) is 25.2. The van der Waals surface area contributed by atoms with Crippen molar-refractivity contribution in [3.8, 4) is 0 Å². The van der Waals surface area contributed by atoms with Gasteiger partial charge in [-0.05, 0) is 54.7 Å². The summed E-state index contributed by atoms with van der Waals surface area (Å²) in [6.45, 7) is 5.98. The third-order valence-corrected chi connectivity index (χ3v) is 8.88. The lowest BCUT2D eigenvalue weighted by Gasteiger charge is -2.33. The number of rotatable bonds is 13. The Kier molecular flexibility index (Phi) is 11.4. The molecule has 0 saturated heterocycles. The van der Waals surface area contributed by atoms with E-state index in [0.717, 1.165) is 9.87 Å². The number of halogens is 2. The van der Waals surface area contributed by atoms with Gasteiger partial charge in [0.1, 0.15) is 12.6 Å². The highest BCUT2D eigenvalue weighted by molar-refractivity contribution is 7.92. The first kappa shape index (κ1) is 31.5. The minimum atomic E-state index is -4.17. The number of carbonyl (C=O) groups excluding carboxylic acids is 2. The van der Waals surface area contributed by atoms with Gasteiger partial charge < -0.3 is 10.2 Å². The van der Waals surface area contributed by atoms with Crippen LogP contribution in [0.5, 0.6) is 0 Å². The summed E-state index contributed by atoms with van der Waals surface area (Å²) in [5.41, 5.74) is 1.18. The Morgan fingerprint density at radius 3 is 2.10 bits per heavy atom. The number of amides is 2. The van der Waals surface area contributed by atoms with E-state index >= 15 is 0 Å². The lowest BCUT2D eigenvalue weighted by atomic mass is 10.1. The number of nitrogens with one attached hydrogen (secondary N) is 1. The monoisotopic (exact) mass is 603 g/mol. The summed E-state index contributed by atoms with van der Waals surface area (Å²) >= 11 is 12.3. The molecule has 0 spiro atoms. The molecule has 7 nitrogen and oxygen atoms in total. The number of hydrogen-bond donors (Lipinski definition) is 1. The van der Waals surface area contributed by atoms with Crippen molar-refractivity contribution in [1.82, 2.24) is 10.2 Å². The average molecular weight is 605 g/mol. The molecule has 3 rings (SSSR count). The van der Waals surface area contributed by atoms with Crippen molar-refractivity contribution in [3.05, 3.63) is 94.5 Å². The van der Waals surface area contributed by atoms with Crippen LogP contribution in [0.4, 0.5) is 5.69 Å². The van der Waals surface area contributed by atoms with E-state index in [1.54, 1.807) is 18.2 Å². The minimum absolute atomic E-state index is 0.0198. The molecule has 0 aliphatic carbocycles. The quantitative estimate of drug-likeness (QED) is 0.267. The minimum Gasteiger partial charge on any atom is -0.354 e. The van der Waals surface area contributed by atoms with Gasteiger partial charge in [0.05, 0.1) is 20.6 Å². The number of nitrogens with zero attached hydrogens (tertiary/aromatic N) is 2. The fourth-order valence-corrected chi connectivity index (χ4v) is 5.93. The molecule has 0 aliphatic heterocycles. The fourth-order valence-electron chi connectivity index (χ4n) is 4.21. The zero-order chi connectivity index (χ0) is 29.3. The van der Waals surface area contributed by atoms with E-state index in [4.69, 9.17) is 23.2 Å². The van der Waals surface area contributed by atoms with Crippen LogP contribution in [-0.4, -0.2) is 50.8 Å². The maximum absolute atomic E-state index is 14.0. The normalized spacial score (nSPS) is 12.2.